The molecule has 0 saturated carbocycles. The van der Waals surface area contributed by atoms with Crippen LogP contribution in [0, 0.1) is 10.8 Å². The highest BCUT2D eigenvalue weighted by Gasteiger charge is 2.38. The van der Waals surface area contributed by atoms with E-state index in [-0.39, 0.29) is 48.0 Å². The zero-order valence-corrected chi connectivity index (χ0v) is 25.8. The number of nitrogens with two attached hydrogens (primary N) is 1. The van der Waals surface area contributed by atoms with Crippen molar-refractivity contribution in [1.82, 2.24) is 0 Å². The van der Waals surface area contributed by atoms with E-state index in [4.69, 9.17) is 29.4 Å². The molecule has 10 heteroatoms. The van der Waals surface area contributed by atoms with E-state index in [1.54, 1.807) is 43.3 Å². The lowest BCUT2D eigenvalue weighted by molar-refractivity contribution is -0.148. The Balaban J connectivity index is 2.29. The predicted octanol–water partition coefficient (Wildman–Crippen LogP) is 5.78. The van der Waals surface area contributed by atoms with Crippen molar-refractivity contribution >= 4 is 24.1 Å². The van der Waals surface area contributed by atoms with Crippen LogP contribution in [0.5, 0.6) is 17.2 Å². The number of hydrogen-bond donors (Lipinski definition) is 1. The highest BCUT2D eigenvalue weighted by Crippen LogP contribution is 2.33. The fourth-order valence-corrected chi connectivity index (χ4v) is 4.13. The molecule has 0 spiro atoms. The van der Waals surface area contributed by atoms with Crippen molar-refractivity contribution in [3.8, 4) is 17.2 Å². The van der Waals surface area contributed by atoms with Crippen LogP contribution < -0.4 is 19.9 Å². The topological polar surface area (TPSA) is 140 Å². The SMILES string of the molecule is COC(=O)[C@](N)(Cc1ccc(OC(=O)CC(C)(C)C)c(OC(=O)CC(C)(C)C)c1)CC(C)OC(=O)Oc1ccccc1. The second kappa shape index (κ2) is 14.3. The highest BCUT2D eigenvalue weighted by molar-refractivity contribution is 5.81. The molecule has 2 N–H and O–H groups in total. The summed E-state index contributed by atoms with van der Waals surface area (Å²) in [6.07, 6.45) is -1.69. The van der Waals surface area contributed by atoms with Crippen molar-refractivity contribution in [3.63, 3.8) is 0 Å². The molecule has 0 aliphatic rings. The first kappa shape index (κ1) is 34.3. The van der Waals surface area contributed by atoms with Crippen molar-refractivity contribution in [3.05, 3.63) is 54.1 Å². The smallest absolute Gasteiger partial charge is 0.468 e. The maximum atomic E-state index is 12.8. The van der Waals surface area contributed by atoms with Crippen LogP contribution in [-0.2, 0) is 30.3 Å². The molecule has 0 bridgehead atoms. The average molecular weight is 586 g/mol. The van der Waals surface area contributed by atoms with E-state index in [1.165, 1.54) is 19.2 Å². The number of rotatable bonds is 11. The third-order valence-corrected chi connectivity index (χ3v) is 5.81. The van der Waals surface area contributed by atoms with Gasteiger partial charge >= 0.3 is 24.1 Å². The lowest BCUT2D eigenvalue weighted by Crippen LogP contribution is -2.53. The third kappa shape index (κ3) is 11.9. The van der Waals surface area contributed by atoms with Gasteiger partial charge < -0.3 is 29.4 Å². The van der Waals surface area contributed by atoms with E-state index in [9.17, 15) is 19.2 Å². The number of esters is 3. The highest BCUT2D eigenvalue weighted by atomic mass is 16.7. The number of carbonyl (C=O) groups is 4. The van der Waals surface area contributed by atoms with Gasteiger partial charge in [0, 0.05) is 12.8 Å². The molecule has 0 fully saturated rings. The second-order valence-electron chi connectivity index (χ2n) is 12.8. The van der Waals surface area contributed by atoms with E-state index in [1.807, 2.05) is 41.5 Å². The molecule has 2 aromatic carbocycles. The molecule has 2 atom stereocenters. The summed E-state index contributed by atoms with van der Waals surface area (Å²) in [6, 6.07) is 13.0. The van der Waals surface area contributed by atoms with Gasteiger partial charge in [-0.25, -0.2) is 4.79 Å². The van der Waals surface area contributed by atoms with Crippen LogP contribution in [0.4, 0.5) is 4.79 Å². The largest absolute Gasteiger partial charge is 0.514 e. The molecule has 1 unspecified atom stereocenters. The number of benzene rings is 2. The van der Waals surface area contributed by atoms with Gasteiger partial charge in [0.2, 0.25) is 0 Å². The quantitative estimate of drug-likeness (QED) is 0.196. The molecule has 0 radical (unpaired) electrons. The van der Waals surface area contributed by atoms with Crippen LogP contribution in [0.15, 0.2) is 48.5 Å². The van der Waals surface area contributed by atoms with Crippen LogP contribution in [0.3, 0.4) is 0 Å². The van der Waals surface area contributed by atoms with Crippen molar-refractivity contribution in [2.24, 2.45) is 16.6 Å². The molecule has 230 valence electrons. The van der Waals surface area contributed by atoms with Crippen LogP contribution in [0.1, 0.15) is 73.3 Å². The molecule has 0 amide bonds. The first-order valence-corrected chi connectivity index (χ1v) is 13.7. The molecule has 2 rings (SSSR count). The summed E-state index contributed by atoms with van der Waals surface area (Å²) in [6.45, 7) is 13.0. The number of para-hydroxylation sites is 1. The Hall–Kier alpha value is -3.92. The Bertz CT molecular complexity index is 1240. The Morgan fingerprint density at radius 1 is 0.786 bits per heavy atom. The van der Waals surface area contributed by atoms with Gasteiger partial charge in [-0.05, 0) is 47.6 Å². The Morgan fingerprint density at radius 2 is 1.33 bits per heavy atom. The van der Waals surface area contributed by atoms with Crippen molar-refractivity contribution in [2.45, 2.75) is 85.8 Å². The summed E-state index contributed by atoms with van der Waals surface area (Å²) in [5.41, 5.74) is 4.75. The molecule has 2 aromatic rings. The fraction of sp³-hybridized carbons (Fsp3) is 0.500. The number of hydrogen-bond acceptors (Lipinski definition) is 10. The fourth-order valence-electron chi connectivity index (χ4n) is 4.13. The van der Waals surface area contributed by atoms with Gasteiger partial charge in [-0.15, -0.1) is 0 Å². The normalized spacial score (nSPS) is 13.7. The monoisotopic (exact) mass is 585 g/mol. The molecule has 0 heterocycles. The predicted molar refractivity (Wildman–Crippen MR) is 156 cm³/mol. The molecular formula is C32H43NO9. The second-order valence-corrected chi connectivity index (χ2v) is 12.8. The minimum Gasteiger partial charge on any atom is -0.468 e. The Morgan fingerprint density at radius 3 is 1.86 bits per heavy atom. The number of ether oxygens (including phenoxy) is 5. The zero-order chi connectivity index (χ0) is 31.7. The average Bonchev–Trinajstić information content (AvgIpc) is 2.83. The van der Waals surface area contributed by atoms with Gasteiger partial charge in [0.05, 0.1) is 20.0 Å². The molecule has 10 nitrogen and oxygen atoms in total. The minimum absolute atomic E-state index is 0.0203. The lowest BCUT2D eigenvalue weighted by Gasteiger charge is -2.29. The number of carbonyl (C=O) groups excluding carboxylic acids is 4. The van der Waals surface area contributed by atoms with E-state index in [2.05, 4.69) is 0 Å². The van der Waals surface area contributed by atoms with Gasteiger partial charge in [-0.3, -0.25) is 14.4 Å². The van der Waals surface area contributed by atoms with Gasteiger partial charge in [0.1, 0.15) is 17.4 Å². The van der Waals surface area contributed by atoms with Gasteiger partial charge in [0.15, 0.2) is 11.5 Å². The molecular weight excluding hydrogens is 542 g/mol. The summed E-state index contributed by atoms with van der Waals surface area (Å²) < 4.78 is 26.6. The lowest BCUT2D eigenvalue weighted by atomic mass is 9.86. The first-order valence-electron chi connectivity index (χ1n) is 13.7. The van der Waals surface area contributed by atoms with E-state index >= 15 is 0 Å². The third-order valence-electron chi connectivity index (χ3n) is 5.81. The van der Waals surface area contributed by atoms with Crippen molar-refractivity contribution < 1.29 is 42.9 Å². The van der Waals surface area contributed by atoms with Crippen LogP contribution >= 0.6 is 0 Å². The van der Waals surface area contributed by atoms with E-state index in [0.29, 0.717) is 11.3 Å². The summed E-state index contributed by atoms with van der Waals surface area (Å²) in [7, 11) is 1.20. The zero-order valence-electron chi connectivity index (χ0n) is 25.8. The van der Waals surface area contributed by atoms with E-state index in [0.717, 1.165) is 0 Å². The standard InChI is InChI=1S/C32H43NO9/c1-21(39-29(37)40-23-12-10-9-11-13-23)17-32(33,28(36)38-8)18-22-14-15-24(41-26(34)19-30(2,3)4)25(16-22)42-27(35)20-31(5,6)7/h9-16,21H,17-20,33H2,1-8H3/t21?,32-/m1/s1. The maximum absolute atomic E-state index is 12.8. The minimum atomic E-state index is -1.63. The van der Waals surface area contributed by atoms with Crippen molar-refractivity contribution in [2.75, 3.05) is 7.11 Å². The van der Waals surface area contributed by atoms with Gasteiger partial charge in [-0.1, -0.05) is 65.8 Å². The number of methoxy groups -OCH3 is 1. The summed E-state index contributed by atoms with van der Waals surface area (Å²) in [5, 5.41) is 0. The van der Waals surface area contributed by atoms with Gasteiger partial charge in [-0.2, -0.15) is 0 Å². The van der Waals surface area contributed by atoms with Crippen LogP contribution in [0.2, 0.25) is 0 Å². The first-order chi connectivity index (χ1) is 19.4. The summed E-state index contributed by atoms with van der Waals surface area (Å²) in [5.74, 6) is -1.35. The molecule has 42 heavy (non-hydrogen) atoms. The molecule has 0 aliphatic carbocycles. The molecule has 0 aliphatic heterocycles. The summed E-state index contributed by atoms with van der Waals surface area (Å²) in [4.78, 5) is 50.4. The van der Waals surface area contributed by atoms with Gasteiger partial charge in [0.25, 0.3) is 0 Å². The van der Waals surface area contributed by atoms with E-state index < -0.39 is 35.7 Å². The Kier molecular flexibility index (Phi) is 11.7. The Labute approximate surface area is 247 Å². The summed E-state index contributed by atoms with van der Waals surface area (Å²) >= 11 is 0. The van der Waals surface area contributed by atoms with Crippen LogP contribution in [0.25, 0.3) is 0 Å². The molecule has 0 aromatic heterocycles. The van der Waals surface area contributed by atoms with Crippen LogP contribution in [-0.4, -0.2) is 42.8 Å². The van der Waals surface area contributed by atoms with Crippen molar-refractivity contribution in [1.29, 1.82) is 0 Å². The molecule has 0 saturated heterocycles. The maximum Gasteiger partial charge on any atom is 0.514 e.